The van der Waals surface area contributed by atoms with Gasteiger partial charge in [0.15, 0.2) is 0 Å². The van der Waals surface area contributed by atoms with E-state index in [-0.39, 0.29) is 18.0 Å². The summed E-state index contributed by atoms with van der Waals surface area (Å²) < 4.78 is 5.53. The first kappa shape index (κ1) is 19.5. The number of benzene rings is 2. The van der Waals surface area contributed by atoms with Gasteiger partial charge in [0.25, 0.3) is 5.91 Å². The van der Waals surface area contributed by atoms with Crippen molar-refractivity contribution in [3.63, 3.8) is 0 Å². The van der Waals surface area contributed by atoms with E-state index in [0.717, 1.165) is 30.7 Å². The summed E-state index contributed by atoms with van der Waals surface area (Å²) in [5.74, 6) is 0.717. The maximum absolute atomic E-state index is 12.9. The number of hydrogen-bond acceptors (Lipinski definition) is 4. The molecule has 2 aromatic rings. The molecule has 152 valence electrons. The minimum absolute atomic E-state index is 0.142. The normalized spacial score (nSPS) is 22.2. The Balaban J connectivity index is 1.42. The first-order chi connectivity index (χ1) is 14.2. The summed E-state index contributed by atoms with van der Waals surface area (Å²) in [6, 6.07) is 17.3. The molecule has 0 unspecified atom stereocenters. The van der Waals surface area contributed by atoms with Crippen LogP contribution in [0.4, 0.5) is 4.79 Å². The fourth-order valence-corrected chi connectivity index (χ4v) is 4.21. The van der Waals surface area contributed by atoms with Crippen molar-refractivity contribution in [2.45, 2.75) is 38.3 Å². The maximum atomic E-state index is 12.9. The van der Waals surface area contributed by atoms with Gasteiger partial charge in [-0.3, -0.25) is 9.69 Å². The molecule has 2 atom stereocenters. The Bertz CT molecular complexity index is 853. The number of ether oxygens (including phenoxy) is 1. The average Bonchev–Trinajstić information content (AvgIpc) is 3.30. The highest BCUT2D eigenvalue weighted by molar-refractivity contribution is 6.04. The van der Waals surface area contributed by atoms with Gasteiger partial charge >= 0.3 is 6.03 Å². The number of imide groups is 1. The molecule has 0 saturated carbocycles. The van der Waals surface area contributed by atoms with Crippen LogP contribution in [0.5, 0.6) is 5.75 Å². The Morgan fingerprint density at radius 1 is 1.07 bits per heavy atom. The third kappa shape index (κ3) is 4.27. The molecule has 2 aromatic carbocycles. The molecule has 0 aliphatic carbocycles. The van der Waals surface area contributed by atoms with Crippen LogP contribution in [0, 0.1) is 0 Å². The third-order valence-corrected chi connectivity index (χ3v) is 5.65. The van der Waals surface area contributed by atoms with E-state index in [0.29, 0.717) is 19.7 Å². The van der Waals surface area contributed by atoms with Crippen LogP contribution in [-0.4, -0.2) is 47.6 Å². The van der Waals surface area contributed by atoms with E-state index in [9.17, 15) is 9.59 Å². The number of amides is 3. The first-order valence-electron chi connectivity index (χ1n) is 10.3. The molecule has 2 aliphatic rings. The zero-order valence-electron chi connectivity index (χ0n) is 16.7. The fraction of sp³-hybridized carbons (Fsp3) is 0.391. The molecule has 4 rings (SSSR count). The highest BCUT2D eigenvalue weighted by atomic mass is 16.5. The van der Waals surface area contributed by atoms with Crippen LogP contribution in [0.3, 0.4) is 0 Å². The second kappa shape index (κ2) is 8.66. The lowest BCUT2D eigenvalue weighted by Gasteiger charge is -2.28. The van der Waals surface area contributed by atoms with Gasteiger partial charge in [-0.2, -0.15) is 0 Å². The lowest BCUT2D eigenvalue weighted by Crippen LogP contribution is -2.41. The zero-order valence-corrected chi connectivity index (χ0v) is 16.7. The van der Waals surface area contributed by atoms with Gasteiger partial charge in [0.1, 0.15) is 11.8 Å². The summed E-state index contributed by atoms with van der Waals surface area (Å²) in [5, 5.41) is 2.85. The molecule has 0 spiro atoms. The van der Waals surface area contributed by atoms with Crippen molar-refractivity contribution in [2.24, 2.45) is 0 Å². The van der Waals surface area contributed by atoms with Crippen LogP contribution < -0.4 is 10.1 Å². The SMILES string of the molecule is CCOc1ccc([C@@H]2CCCN2CN2C(=O)N[C@H](Cc3ccccc3)C2=O)cc1. The maximum Gasteiger partial charge on any atom is 0.325 e. The third-order valence-electron chi connectivity index (χ3n) is 5.65. The van der Waals surface area contributed by atoms with Gasteiger partial charge < -0.3 is 10.1 Å². The van der Waals surface area contributed by atoms with Crippen molar-refractivity contribution < 1.29 is 14.3 Å². The first-order valence-corrected chi connectivity index (χ1v) is 10.3. The molecule has 2 aliphatic heterocycles. The second-order valence-corrected chi connectivity index (χ2v) is 7.57. The second-order valence-electron chi connectivity index (χ2n) is 7.57. The van der Waals surface area contributed by atoms with Crippen molar-refractivity contribution in [1.29, 1.82) is 0 Å². The standard InChI is InChI=1S/C23H27N3O3/c1-2-29-19-12-10-18(11-13-19)21-9-6-14-25(21)16-26-22(27)20(24-23(26)28)15-17-7-4-3-5-8-17/h3-5,7-8,10-13,20-21H,2,6,9,14-16H2,1H3,(H,24,28)/t20-,21+/m1/s1. The molecular formula is C23H27N3O3. The molecule has 0 aromatic heterocycles. The fourth-order valence-electron chi connectivity index (χ4n) is 4.21. The molecule has 0 radical (unpaired) electrons. The van der Waals surface area contributed by atoms with E-state index in [1.54, 1.807) is 0 Å². The van der Waals surface area contributed by atoms with E-state index in [2.05, 4.69) is 22.3 Å². The largest absolute Gasteiger partial charge is 0.494 e. The van der Waals surface area contributed by atoms with Crippen molar-refractivity contribution in [1.82, 2.24) is 15.1 Å². The highest BCUT2D eigenvalue weighted by Gasteiger charge is 2.40. The number of urea groups is 1. The summed E-state index contributed by atoms with van der Waals surface area (Å²) in [4.78, 5) is 28.9. The van der Waals surface area contributed by atoms with E-state index in [1.807, 2.05) is 49.4 Å². The predicted octanol–water partition coefficient (Wildman–Crippen LogP) is 3.34. The highest BCUT2D eigenvalue weighted by Crippen LogP contribution is 2.33. The van der Waals surface area contributed by atoms with Crippen LogP contribution in [0.2, 0.25) is 0 Å². The molecule has 2 heterocycles. The van der Waals surface area contributed by atoms with Crippen LogP contribution >= 0.6 is 0 Å². The van der Waals surface area contributed by atoms with E-state index < -0.39 is 6.04 Å². The molecule has 29 heavy (non-hydrogen) atoms. The summed E-state index contributed by atoms with van der Waals surface area (Å²) >= 11 is 0. The number of hydrogen-bond donors (Lipinski definition) is 1. The van der Waals surface area contributed by atoms with Crippen LogP contribution in [0.1, 0.15) is 36.9 Å². The molecule has 2 saturated heterocycles. The van der Waals surface area contributed by atoms with Crippen molar-refractivity contribution in [3.8, 4) is 5.75 Å². The van der Waals surface area contributed by atoms with E-state index >= 15 is 0 Å². The van der Waals surface area contributed by atoms with Crippen molar-refractivity contribution >= 4 is 11.9 Å². The lowest BCUT2D eigenvalue weighted by atomic mass is 10.0. The Kier molecular flexibility index (Phi) is 5.81. The molecule has 0 bridgehead atoms. The van der Waals surface area contributed by atoms with E-state index in [1.165, 1.54) is 10.5 Å². The smallest absolute Gasteiger partial charge is 0.325 e. The predicted molar refractivity (Wildman–Crippen MR) is 110 cm³/mol. The minimum Gasteiger partial charge on any atom is -0.494 e. The van der Waals surface area contributed by atoms with Gasteiger partial charge in [-0.25, -0.2) is 9.69 Å². The Labute approximate surface area is 171 Å². The Morgan fingerprint density at radius 3 is 2.55 bits per heavy atom. The summed E-state index contributed by atoms with van der Waals surface area (Å²) in [6.07, 6.45) is 2.59. The lowest BCUT2D eigenvalue weighted by molar-refractivity contribution is -0.129. The number of likely N-dealkylation sites (tertiary alicyclic amines) is 1. The van der Waals surface area contributed by atoms with Crippen molar-refractivity contribution in [3.05, 3.63) is 65.7 Å². The van der Waals surface area contributed by atoms with Gasteiger partial charge in [0.05, 0.1) is 13.3 Å². The van der Waals surface area contributed by atoms with Crippen LogP contribution in [0.15, 0.2) is 54.6 Å². The van der Waals surface area contributed by atoms with Gasteiger partial charge in [-0.1, -0.05) is 42.5 Å². The van der Waals surface area contributed by atoms with Gasteiger partial charge in [-0.15, -0.1) is 0 Å². The van der Waals surface area contributed by atoms with Gasteiger partial charge in [0.2, 0.25) is 0 Å². The Morgan fingerprint density at radius 2 is 1.83 bits per heavy atom. The number of carbonyl (C=O) groups is 2. The molecule has 1 N–H and O–H groups in total. The molecule has 3 amide bonds. The van der Waals surface area contributed by atoms with Crippen LogP contribution in [-0.2, 0) is 11.2 Å². The monoisotopic (exact) mass is 393 g/mol. The summed E-state index contributed by atoms with van der Waals surface area (Å²) in [7, 11) is 0. The molecule has 6 heteroatoms. The van der Waals surface area contributed by atoms with Gasteiger partial charge in [0, 0.05) is 19.0 Å². The Hall–Kier alpha value is -2.86. The molecular weight excluding hydrogens is 366 g/mol. The number of nitrogens with zero attached hydrogens (tertiary/aromatic N) is 2. The summed E-state index contributed by atoms with van der Waals surface area (Å²) in [5.41, 5.74) is 2.24. The number of nitrogens with one attached hydrogen (secondary N) is 1. The van der Waals surface area contributed by atoms with Crippen molar-refractivity contribution in [2.75, 3.05) is 19.8 Å². The van der Waals surface area contributed by atoms with Gasteiger partial charge in [-0.05, 0) is 43.0 Å². The molecule has 2 fully saturated rings. The van der Waals surface area contributed by atoms with E-state index in [4.69, 9.17) is 4.74 Å². The average molecular weight is 393 g/mol. The minimum atomic E-state index is -0.489. The topological polar surface area (TPSA) is 61.9 Å². The summed E-state index contributed by atoms with van der Waals surface area (Å²) in [6.45, 7) is 3.81. The quantitative estimate of drug-likeness (QED) is 0.733. The van der Waals surface area contributed by atoms with Crippen LogP contribution in [0.25, 0.3) is 0 Å². The number of rotatable bonds is 7. The zero-order chi connectivity index (χ0) is 20.2. The molecule has 6 nitrogen and oxygen atoms in total. The number of carbonyl (C=O) groups excluding carboxylic acids is 2.